The molecule has 2 nitrogen and oxygen atoms in total. The van der Waals surface area contributed by atoms with Crippen molar-refractivity contribution in [2.75, 3.05) is 13.1 Å². The first-order valence-electron chi connectivity index (χ1n) is 4.36. The molecule has 0 aromatic heterocycles. The summed E-state index contributed by atoms with van der Waals surface area (Å²) in [6, 6.07) is 1.33. The van der Waals surface area contributed by atoms with Crippen molar-refractivity contribution < 1.29 is 0 Å². The molecule has 2 atom stereocenters. The van der Waals surface area contributed by atoms with Crippen molar-refractivity contribution in [3.63, 3.8) is 0 Å². The highest BCUT2D eigenvalue weighted by atomic mass is 15.2. The van der Waals surface area contributed by atoms with Crippen LogP contribution in [0.5, 0.6) is 0 Å². The molecule has 2 unspecified atom stereocenters. The quantitative estimate of drug-likeness (QED) is 0.533. The summed E-state index contributed by atoms with van der Waals surface area (Å²) in [4.78, 5) is 2.56. The highest BCUT2D eigenvalue weighted by molar-refractivity contribution is 4.89. The van der Waals surface area contributed by atoms with Crippen molar-refractivity contribution in [2.24, 2.45) is 5.73 Å². The molecule has 58 valence electrons. The average Bonchev–Trinajstić information content (AvgIpc) is 2.27. The van der Waals surface area contributed by atoms with Crippen LogP contribution in [0.25, 0.3) is 0 Å². The van der Waals surface area contributed by atoms with E-state index >= 15 is 0 Å². The molecule has 0 aromatic rings. The Kier molecular flexibility index (Phi) is 1.66. The summed E-state index contributed by atoms with van der Waals surface area (Å²) in [6.45, 7) is 2.46. The summed E-state index contributed by atoms with van der Waals surface area (Å²) >= 11 is 0. The van der Waals surface area contributed by atoms with E-state index < -0.39 is 0 Å². The van der Waals surface area contributed by atoms with Gasteiger partial charge in [0.2, 0.25) is 0 Å². The Hall–Kier alpha value is -0.0800. The maximum atomic E-state index is 5.85. The largest absolute Gasteiger partial charge is 0.326 e. The molecule has 0 aliphatic carbocycles. The molecule has 2 aliphatic rings. The van der Waals surface area contributed by atoms with Crippen LogP contribution in [0.15, 0.2) is 0 Å². The van der Waals surface area contributed by atoms with Gasteiger partial charge in [0, 0.05) is 18.6 Å². The molecule has 2 heterocycles. The molecule has 2 aliphatic heterocycles. The Morgan fingerprint density at radius 1 is 1.30 bits per heavy atom. The maximum absolute atomic E-state index is 5.85. The fraction of sp³-hybridized carbons (Fsp3) is 1.00. The Balaban J connectivity index is 1.97. The minimum atomic E-state index is 0.475. The van der Waals surface area contributed by atoms with E-state index in [4.69, 9.17) is 5.73 Å². The molecule has 0 aromatic carbocycles. The zero-order valence-electron chi connectivity index (χ0n) is 6.42. The molecule has 0 saturated carbocycles. The maximum Gasteiger partial charge on any atom is 0.0182 e. The Morgan fingerprint density at radius 2 is 2.20 bits per heavy atom. The molecular weight excluding hydrogens is 124 g/mol. The normalized spacial score (nSPS) is 41.7. The van der Waals surface area contributed by atoms with Crippen LogP contribution in [0.3, 0.4) is 0 Å². The minimum Gasteiger partial charge on any atom is -0.326 e. The molecular formula is C8H16N2. The van der Waals surface area contributed by atoms with Gasteiger partial charge < -0.3 is 5.73 Å². The molecule has 2 N–H and O–H groups in total. The lowest BCUT2D eigenvalue weighted by Crippen LogP contribution is -2.34. The standard InChI is InChI=1S/C8H16N2/c9-7-5-8-3-1-2-4-10(8)6-7/h7-8H,1-6,9H2. The molecule has 0 spiro atoms. The van der Waals surface area contributed by atoms with Crippen LogP contribution in [0.4, 0.5) is 0 Å². The summed E-state index contributed by atoms with van der Waals surface area (Å²) in [5.74, 6) is 0. The van der Waals surface area contributed by atoms with Gasteiger partial charge in [-0.05, 0) is 25.8 Å². The first kappa shape index (κ1) is 6.62. The Bertz CT molecular complexity index is 110. The van der Waals surface area contributed by atoms with Gasteiger partial charge in [-0.2, -0.15) is 0 Å². The van der Waals surface area contributed by atoms with Gasteiger partial charge in [-0.3, -0.25) is 4.90 Å². The van der Waals surface area contributed by atoms with Gasteiger partial charge in [-0.1, -0.05) is 6.42 Å². The summed E-state index contributed by atoms with van der Waals surface area (Å²) in [5.41, 5.74) is 5.85. The highest BCUT2D eigenvalue weighted by Gasteiger charge is 2.30. The summed E-state index contributed by atoms with van der Waals surface area (Å²) in [7, 11) is 0. The minimum absolute atomic E-state index is 0.475. The second-order valence-electron chi connectivity index (χ2n) is 3.64. The zero-order valence-corrected chi connectivity index (χ0v) is 6.42. The monoisotopic (exact) mass is 140 g/mol. The number of rotatable bonds is 0. The van der Waals surface area contributed by atoms with Crippen LogP contribution in [-0.2, 0) is 0 Å². The van der Waals surface area contributed by atoms with Crippen LogP contribution in [-0.4, -0.2) is 30.1 Å². The molecule has 2 fully saturated rings. The Morgan fingerprint density at radius 3 is 3.00 bits per heavy atom. The zero-order chi connectivity index (χ0) is 6.97. The first-order chi connectivity index (χ1) is 4.86. The van der Waals surface area contributed by atoms with Gasteiger partial charge in [0.15, 0.2) is 0 Å². The van der Waals surface area contributed by atoms with E-state index in [1.54, 1.807) is 0 Å². The second-order valence-corrected chi connectivity index (χ2v) is 3.64. The number of hydrogen-bond donors (Lipinski definition) is 1. The van der Waals surface area contributed by atoms with Crippen molar-refractivity contribution in [3.05, 3.63) is 0 Å². The van der Waals surface area contributed by atoms with Gasteiger partial charge in [-0.25, -0.2) is 0 Å². The molecule has 10 heavy (non-hydrogen) atoms. The van der Waals surface area contributed by atoms with E-state index in [-0.39, 0.29) is 0 Å². The van der Waals surface area contributed by atoms with Crippen molar-refractivity contribution in [1.29, 1.82) is 0 Å². The summed E-state index contributed by atoms with van der Waals surface area (Å²) < 4.78 is 0. The van der Waals surface area contributed by atoms with Gasteiger partial charge in [0.1, 0.15) is 0 Å². The molecule has 0 bridgehead atoms. The van der Waals surface area contributed by atoms with Crippen molar-refractivity contribution in [1.82, 2.24) is 4.90 Å². The fourth-order valence-corrected chi connectivity index (χ4v) is 2.29. The lowest BCUT2D eigenvalue weighted by molar-refractivity contribution is 0.197. The number of fused-ring (bicyclic) bond motifs is 1. The smallest absolute Gasteiger partial charge is 0.0182 e. The topological polar surface area (TPSA) is 29.3 Å². The van der Waals surface area contributed by atoms with Crippen molar-refractivity contribution in [2.45, 2.75) is 37.8 Å². The predicted molar refractivity (Wildman–Crippen MR) is 41.8 cm³/mol. The van der Waals surface area contributed by atoms with Crippen molar-refractivity contribution >= 4 is 0 Å². The molecule has 2 saturated heterocycles. The van der Waals surface area contributed by atoms with Crippen LogP contribution < -0.4 is 5.73 Å². The second kappa shape index (κ2) is 2.51. The number of nitrogens with zero attached hydrogens (tertiary/aromatic N) is 1. The van der Waals surface area contributed by atoms with E-state index in [9.17, 15) is 0 Å². The SMILES string of the molecule is NC1CC2CCCCN2C1. The van der Waals surface area contributed by atoms with Gasteiger partial charge in [0.05, 0.1) is 0 Å². The average molecular weight is 140 g/mol. The lowest BCUT2D eigenvalue weighted by Gasteiger charge is -2.28. The fourth-order valence-electron chi connectivity index (χ4n) is 2.29. The van der Waals surface area contributed by atoms with E-state index in [1.807, 2.05) is 0 Å². The molecule has 0 radical (unpaired) electrons. The third-order valence-corrected chi connectivity index (χ3v) is 2.79. The number of hydrogen-bond acceptors (Lipinski definition) is 2. The van der Waals surface area contributed by atoms with Gasteiger partial charge >= 0.3 is 0 Å². The van der Waals surface area contributed by atoms with E-state index in [1.165, 1.54) is 32.2 Å². The van der Waals surface area contributed by atoms with Crippen molar-refractivity contribution in [3.8, 4) is 0 Å². The van der Waals surface area contributed by atoms with Crippen LogP contribution in [0, 0.1) is 0 Å². The van der Waals surface area contributed by atoms with Gasteiger partial charge in [0.25, 0.3) is 0 Å². The molecule has 2 rings (SSSR count). The number of piperidine rings is 1. The third-order valence-electron chi connectivity index (χ3n) is 2.79. The van der Waals surface area contributed by atoms with E-state index in [0.29, 0.717) is 6.04 Å². The van der Waals surface area contributed by atoms with Crippen LogP contribution in [0.1, 0.15) is 25.7 Å². The van der Waals surface area contributed by atoms with Crippen LogP contribution >= 0.6 is 0 Å². The molecule has 2 heteroatoms. The molecule has 0 amide bonds. The lowest BCUT2D eigenvalue weighted by atomic mass is 10.0. The summed E-state index contributed by atoms with van der Waals surface area (Å²) in [5, 5.41) is 0. The van der Waals surface area contributed by atoms with E-state index in [2.05, 4.69) is 4.90 Å². The van der Waals surface area contributed by atoms with Crippen LogP contribution in [0.2, 0.25) is 0 Å². The predicted octanol–water partition coefficient (Wildman–Crippen LogP) is 0.572. The first-order valence-corrected chi connectivity index (χ1v) is 4.36. The van der Waals surface area contributed by atoms with Gasteiger partial charge in [-0.15, -0.1) is 0 Å². The Labute approximate surface area is 62.4 Å². The third kappa shape index (κ3) is 1.06. The highest BCUT2D eigenvalue weighted by Crippen LogP contribution is 2.25. The van der Waals surface area contributed by atoms with E-state index in [0.717, 1.165) is 12.6 Å². The number of nitrogens with two attached hydrogens (primary N) is 1. The summed E-state index contributed by atoms with van der Waals surface area (Å²) in [6.07, 6.45) is 5.46.